The van der Waals surface area contributed by atoms with Crippen LogP contribution in [0.15, 0.2) is 79.1 Å². The summed E-state index contributed by atoms with van der Waals surface area (Å²) in [5.41, 5.74) is 3.68. The quantitative estimate of drug-likeness (QED) is 0.263. The van der Waals surface area contributed by atoms with E-state index in [1.165, 1.54) is 0 Å². The van der Waals surface area contributed by atoms with Gasteiger partial charge in [-0.2, -0.15) is 0 Å². The molecule has 1 aromatic heterocycles. The number of hydrogen-bond donors (Lipinski definition) is 4. The molecule has 2 unspecified atom stereocenters. The molecule has 9 nitrogen and oxygen atoms in total. The van der Waals surface area contributed by atoms with Crippen LogP contribution in [-0.4, -0.2) is 86.8 Å². The zero-order valence-corrected chi connectivity index (χ0v) is 26.6. The molecular formula is C36H47N5O4. The molecule has 0 spiro atoms. The smallest absolute Gasteiger partial charge is 0.239 e. The number of aliphatic hydroxyl groups is 2. The van der Waals surface area contributed by atoms with Crippen molar-refractivity contribution in [3.63, 3.8) is 0 Å². The lowest BCUT2D eigenvalue weighted by molar-refractivity contribution is -0.132. The summed E-state index contributed by atoms with van der Waals surface area (Å²) >= 11 is 0. The molecule has 240 valence electrons. The zero-order chi connectivity index (χ0) is 32.0. The number of hydrogen-bond acceptors (Lipinski definition) is 7. The van der Waals surface area contributed by atoms with E-state index in [0.717, 1.165) is 28.8 Å². The number of nitrogens with zero attached hydrogens (tertiary/aromatic N) is 3. The summed E-state index contributed by atoms with van der Waals surface area (Å²) in [5, 5.41) is 28.5. The molecule has 0 bridgehead atoms. The molecule has 1 fully saturated rings. The molecule has 3 aromatic rings. The molecule has 0 radical (unpaired) electrons. The number of nitrogens with one attached hydrogen (secondary N) is 2. The van der Waals surface area contributed by atoms with Crippen LogP contribution in [0.5, 0.6) is 0 Å². The molecule has 0 saturated carbocycles. The third-order valence-corrected chi connectivity index (χ3v) is 8.70. The van der Waals surface area contributed by atoms with Gasteiger partial charge in [0.05, 0.1) is 18.2 Å². The van der Waals surface area contributed by atoms with Gasteiger partial charge in [-0.25, -0.2) is 0 Å². The molecule has 1 saturated heterocycles. The maximum absolute atomic E-state index is 13.8. The summed E-state index contributed by atoms with van der Waals surface area (Å²) < 4.78 is 0. The Kier molecular flexibility index (Phi) is 10.7. The number of piperazine rings is 1. The van der Waals surface area contributed by atoms with Gasteiger partial charge in [0.1, 0.15) is 6.04 Å². The molecule has 1 aliphatic heterocycles. The lowest BCUT2D eigenvalue weighted by Gasteiger charge is -2.42. The van der Waals surface area contributed by atoms with Crippen molar-refractivity contribution in [2.24, 2.45) is 5.92 Å². The Balaban J connectivity index is 1.29. The maximum atomic E-state index is 13.8. The van der Waals surface area contributed by atoms with E-state index in [4.69, 9.17) is 0 Å². The van der Waals surface area contributed by atoms with Crippen LogP contribution in [0.3, 0.4) is 0 Å². The van der Waals surface area contributed by atoms with E-state index in [1.54, 1.807) is 6.20 Å². The van der Waals surface area contributed by atoms with Gasteiger partial charge in [-0.05, 0) is 61.9 Å². The summed E-state index contributed by atoms with van der Waals surface area (Å²) in [6.45, 7) is 8.74. The van der Waals surface area contributed by atoms with Gasteiger partial charge in [-0.1, -0.05) is 60.7 Å². The average molecular weight is 614 g/mol. The second kappa shape index (κ2) is 14.6. The van der Waals surface area contributed by atoms with Crippen LogP contribution in [0.25, 0.3) is 0 Å². The molecule has 2 heterocycles. The molecule has 1 aliphatic carbocycles. The molecule has 45 heavy (non-hydrogen) atoms. The van der Waals surface area contributed by atoms with Crippen LogP contribution in [0.4, 0.5) is 0 Å². The van der Waals surface area contributed by atoms with E-state index in [0.29, 0.717) is 32.5 Å². The Labute approximate surface area is 266 Å². The Morgan fingerprint density at radius 1 is 1.00 bits per heavy atom. The molecule has 2 amide bonds. The fraction of sp³-hybridized carbons (Fsp3) is 0.472. The van der Waals surface area contributed by atoms with Crippen LogP contribution in [-0.2, 0) is 29.0 Å². The predicted octanol–water partition coefficient (Wildman–Crippen LogP) is 2.87. The Morgan fingerprint density at radius 2 is 1.73 bits per heavy atom. The monoisotopic (exact) mass is 613 g/mol. The number of carbonyl (C=O) groups excluding carboxylic acids is 2. The van der Waals surface area contributed by atoms with Crippen LogP contribution in [0.1, 0.15) is 55.5 Å². The van der Waals surface area contributed by atoms with Gasteiger partial charge in [0, 0.05) is 63.0 Å². The number of benzene rings is 2. The summed E-state index contributed by atoms with van der Waals surface area (Å²) in [6.07, 6.45) is 3.26. The van der Waals surface area contributed by atoms with Crippen LogP contribution >= 0.6 is 0 Å². The highest BCUT2D eigenvalue weighted by Crippen LogP contribution is 2.32. The van der Waals surface area contributed by atoms with E-state index in [-0.39, 0.29) is 24.8 Å². The van der Waals surface area contributed by atoms with Gasteiger partial charge >= 0.3 is 0 Å². The topological polar surface area (TPSA) is 118 Å². The van der Waals surface area contributed by atoms with E-state index < -0.39 is 35.7 Å². The van der Waals surface area contributed by atoms with E-state index >= 15 is 0 Å². The summed E-state index contributed by atoms with van der Waals surface area (Å²) in [7, 11) is 0. The van der Waals surface area contributed by atoms with Gasteiger partial charge in [-0.3, -0.25) is 24.4 Å². The molecule has 2 aliphatic rings. The van der Waals surface area contributed by atoms with Crippen molar-refractivity contribution < 1.29 is 19.8 Å². The Hall–Kier alpha value is -3.63. The molecule has 5 rings (SSSR count). The van der Waals surface area contributed by atoms with Crippen molar-refractivity contribution >= 4 is 11.8 Å². The SMILES string of the molecule is CC(C)(C)NC(=O)C1CN(Cc2cccnc2)CCN1C[C@@H](O)C[C@@H](Cc1ccccc1)C(=O)NC1c2ccccc2C[C@H]1O. The summed E-state index contributed by atoms with van der Waals surface area (Å²) in [5.74, 6) is -0.781. The molecule has 9 heteroatoms. The first kappa shape index (κ1) is 32.8. The number of fused-ring (bicyclic) bond motifs is 1. The Bertz CT molecular complexity index is 1410. The third kappa shape index (κ3) is 8.98. The lowest BCUT2D eigenvalue weighted by atomic mass is 9.91. The number of amides is 2. The standard InChI is InChI=1S/C36H47N5O4/c1-36(2,3)39-35(45)31-24-40(22-26-12-9-15-37-21-26)16-17-41(31)23-29(42)19-28(18-25-10-5-4-6-11-25)34(44)38-33-30-14-8-7-13-27(30)20-32(33)43/h4-15,21,28-29,31-33,42-43H,16-20,22-24H2,1-3H3,(H,38,44)(H,39,45)/t28-,29+,31?,32-,33?/m1/s1. The fourth-order valence-electron chi connectivity index (χ4n) is 6.56. The highest BCUT2D eigenvalue weighted by Gasteiger charge is 2.37. The van der Waals surface area contributed by atoms with Crippen molar-refractivity contribution in [1.29, 1.82) is 0 Å². The van der Waals surface area contributed by atoms with Gasteiger partial charge in [0.25, 0.3) is 0 Å². The van der Waals surface area contributed by atoms with Crippen molar-refractivity contribution in [2.75, 3.05) is 26.2 Å². The number of aromatic nitrogens is 1. The minimum atomic E-state index is -0.833. The number of rotatable bonds is 11. The number of pyridine rings is 1. The molecule has 2 aromatic carbocycles. The molecular weight excluding hydrogens is 566 g/mol. The third-order valence-electron chi connectivity index (χ3n) is 8.70. The van der Waals surface area contributed by atoms with Crippen LogP contribution < -0.4 is 10.6 Å². The van der Waals surface area contributed by atoms with Crippen LogP contribution in [0.2, 0.25) is 0 Å². The lowest BCUT2D eigenvalue weighted by Crippen LogP contribution is -2.61. The number of β-amino-alcohol motifs (C(OH)–C–C–N with tert-alkyl or cyclic N) is 1. The van der Waals surface area contributed by atoms with Gasteiger partial charge in [0.15, 0.2) is 0 Å². The first-order chi connectivity index (χ1) is 21.6. The first-order valence-electron chi connectivity index (χ1n) is 16.0. The van der Waals surface area contributed by atoms with Crippen molar-refractivity contribution in [2.45, 2.75) is 76.4 Å². The highest BCUT2D eigenvalue weighted by atomic mass is 16.3. The Morgan fingerprint density at radius 3 is 2.47 bits per heavy atom. The number of carbonyl (C=O) groups is 2. The minimum absolute atomic E-state index is 0.0712. The molecule has 5 atom stereocenters. The predicted molar refractivity (Wildman–Crippen MR) is 174 cm³/mol. The summed E-state index contributed by atoms with van der Waals surface area (Å²) in [4.78, 5) is 35.9. The maximum Gasteiger partial charge on any atom is 0.239 e. The van der Waals surface area contributed by atoms with Gasteiger partial charge in [0.2, 0.25) is 11.8 Å². The van der Waals surface area contributed by atoms with Crippen molar-refractivity contribution in [1.82, 2.24) is 25.4 Å². The van der Waals surface area contributed by atoms with Crippen molar-refractivity contribution in [3.8, 4) is 0 Å². The van der Waals surface area contributed by atoms with Crippen LogP contribution in [0, 0.1) is 5.92 Å². The van der Waals surface area contributed by atoms with E-state index in [1.807, 2.05) is 93.7 Å². The highest BCUT2D eigenvalue weighted by molar-refractivity contribution is 5.83. The number of aliphatic hydroxyl groups excluding tert-OH is 2. The average Bonchev–Trinajstić information content (AvgIpc) is 3.32. The van der Waals surface area contributed by atoms with Gasteiger partial charge in [-0.15, -0.1) is 0 Å². The normalized spacial score (nSPS) is 21.9. The second-order valence-electron chi connectivity index (χ2n) is 13.6. The second-order valence-corrected chi connectivity index (χ2v) is 13.6. The first-order valence-corrected chi connectivity index (χ1v) is 16.0. The zero-order valence-electron chi connectivity index (χ0n) is 26.6. The minimum Gasteiger partial charge on any atom is -0.392 e. The summed E-state index contributed by atoms with van der Waals surface area (Å²) in [6, 6.07) is 20.6. The largest absolute Gasteiger partial charge is 0.392 e. The fourth-order valence-corrected chi connectivity index (χ4v) is 6.56. The van der Waals surface area contributed by atoms with E-state index in [2.05, 4.69) is 25.4 Å². The van der Waals surface area contributed by atoms with Gasteiger partial charge < -0.3 is 20.8 Å². The van der Waals surface area contributed by atoms with E-state index in [9.17, 15) is 19.8 Å². The van der Waals surface area contributed by atoms with Crippen molar-refractivity contribution in [3.05, 3.63) is 101 Å². The molecule has 4 N–H and O–H groups in total.